The molecule has 0 aliphatic rings. The molecule has 3 aromatic rings. The second kappa shape index (κ2) is 7.74. The number of aromatic nitrogens is 2. The third-order valence-corrected chi connectivity index (χ3v) is 5.06. The summed E-state index contributed by atoms with van der Waals surface area (Å²) in [4.78, 5) is 8.37. The van der Waals surface area contributed by atoms with Crippen LogP contribution in [0.3, 0.4) is 0 Å². The van der Waals surface area contributed by atoms with Crippen LogP contribution in [0.4, 0.5) is 0 Å². The Kier molecular flexibility index (Phi) is 5.43. The first-order valence-electron chi connectivity index (χ1n) is 7.59. The molecule has 0 unspecified atom stereocenters. The lowest BCUT2D eigenvalue weighted by Gasteiger charge is -2.08. The zero-order valence-electron chi connectivity index (χ0n) is 13.3. The monoisotopic (exact) mass is 373 g/mol. The van der Waals surface area contributed by atoms with Gasteiger partial charge in [0.1, 0.15) is 0 Å². The van der Waals surface area contributed by atoms with E-state index in [0.717, 1.165) is 16.8 Å². The predicted molar refractivity (Wildman–Crippen MR) is 98.4 cm³/mol. The maximum absolute atomic E-state index is 12.3. The zero-order chi connectivity index (χ0) is 17.7. The molecule has 2 aromatic heterocycles. The minimum atomic E-state index is -3.47. The van der Waals surface area contributed by atoms with Crippen molar-refractivity contribution in [2.45, 2.75) is 12.3 Å². The average molecular weight is 374 g/mol. The van der Waals surface area contributed by atoms with Gasteiger partial charge in [0.25, 0.3) is 0 Å². The van der Waals surface area contributed by atoms with Crippen LogP contribution in [0.5, 0.6) is 0 Å². The summed E-state index contributed by atoms with van der Waals surface area (Å²) in [5.41, 5.74) is 3.10. The van der Waals surface area contributed by atoms with Crippen molar-refractivity contribution in [3.63, 3.8) is 0 Å². The van der Waals surface area contributed by atoms with Crippen LogP contribution in [0.2, 0.25) is 5.02 Å². The van der Waals surface area contributed by atoms with Crippen LogP contribution in [0.15, 0.2) is 67.1 Å². The van der Waals surface area contributed by atoms with Crippen molar-refractivity contribution < 1.29 is 8.42 Å². The SMILES string of the molecule is O=S(=O)(Cc1cccc(Cl)c1)NCc1ccnc(-c2cccnc2)c1. The molecule has 25 heavy (non-hydrogen) atoms. The number of halogens is 1. The Morgan fingerprint density at radius 3 is 2.64 bits per heavy atom. The molecule has 0 atom stereocenters. The van der Waals surface area contributed by atoms with Crippen molar-refractivity contribution >= 4 is 21.6 Å². The van der Waals surface area contributed by atoms with E-state index in [-0.39, 0.29) is 12.3 Å². The van der Waals surface area contributed by atoms with Crippen molar-refractivity contribution in [2.24, 2.45) is 0 Å². The number of rotatable bonds is 6. The lowest BCUT2D eigenvalue weighted by Crippen LogP contribution is -2.24. The predicted octanol–water partition coefficient (Wildman–Crippen LogP) is 3.42. The van der Waals surface area contributed by atoms with Gasteiger partial charge in [0.15, 0.2) is 0 Å². The first-order valence-corrected chi connectivity index (χ1v) is 9.62. The molecule has 0 spiro atoms. The van der Waals surface area contributed by atoms with E-state index in [2.05, 4.69) is 14.7 Å². The summed E-state index contributed by atoms with van der Waals surface area (Å²) in [5, 5.41) is 0.517. The van der Waals surface area contributed by atoms with Crippen molar-refractivity contribution in [3.8, 4) is 11.3 Å². The van der Waals surface area contributed by atoms with E-state index in [4.69, 9.17) is 11.6 Å². The summed E-state index contributed by atoms with van der Waals surface area (Å²) >= 11 is 5.90. The van der Waals surface area contributed by atoms with Crippen LogP contribution < -0.4 is 4.72 Å². The molecule has 2 heterocycles. The summed E-state index contributed by atoms with van der Waals surface area (Å²) in [7, 11) is -3.47. The Bertz CT molecular complexity index is 963. The Morgan fingerprint density at radius 1 is 1.00 bits per heavy atom. The number of nitrogens with one attached hydrogen (secondary N) is 1. The molecule has 0 radical (unpaired) electrons. The fraction of sp³-hybridized carbons (Fsp3) is 0.111. The van der Waals surface area contributed by atoms with Gasteiger partial charge in [0.2, 0.25) is 10.0 Å². The molecule has 0 amide bonds. The maximum Gasteiger partial charge on any atom is 0.216 e. The van der Waals surface area contributed by atoms with E-state index in [1.807, 2.05) is 18.2 Å². The smallest absolute Gasteiger partial charge is 0.216 e. The summed E-state index contributed by atoms with van der Waals surface area (Å²) in [5.74, 6) is -0.117. The van der Waals surface area contributed by atoms with Crippen molar-refractivity contribution in [1.29, 1.82) is 0 Å². The number of hydrogen-bond donors (Lipinski definition) is 1. The quantitative estimate of drug-likeness (QED) is 0.718. The summed E-state index contributed by atoms with van der Waals surface area (Å²) < 4.78 is 27.1. The Labute approximate surface area is 151 Å². The van der Waals surface area contributed by atoms with Crippen LogP contribution in [0, 0.1) is 0 Å². The number of pyridine rings is 2. The van der Waals surface area contributed by atoms with Gasteiger partial charge in [-0.15, -0.1) is 0 Å². The molecule has 0 fully saturated rings. The van der Waals surface area contributed by atoms with Crippen LogP contribution in [0.25, 0.3) is 11.3 Å². The van der Waals surface area contributed by atoms with E-state index in [0.29, 0.717) is 10.6 Å². The fourth-order valence-corrected chi connectivity index (χ4v) is 3.67. The van der Waals surface area contributed by atoms with E-state index in [9.17, 15) is 8.42 Å². The van der Waals surface area contributed by atoms with Gasteiger partial charge < -0.3 is 0 Å². The molecule has 1 N–H and O–H groups in total. The van der Waals surface area contributed by atoms with Crippen molar-refractivity contribution in [2.75, 3.05) is 0 Å². The first kappa shape index (κ1) is 17.5. The van der Waals surface area contributed by atoms with Crippen LogP contribution in [-0.4, -0.2) is 18.4 Å². The molecule has 0 bridgehead atoms. The molecule has 0 saturated heterocycles. The molecule has 0 saturated carbocycles. The van der Waals surface area contributed by atoms with E-state index >= 15 is 0 Å². The van der Waals surface area contributed by atoms with Crippen LogP contribution in [-0.2, 0) is 22.3 Å². The topological polar surface area (TPSA) is 72.0 Å². The van der Waals surface area contributed by atoms with Gasteiger partial charge in [-0.1, -0.05) is 23.7 Å². The first-order chi connectivity index (χ1) is 12.0. The van der Waals surface area contributed by atoms with Gasteiger partial charge >= 0.3 is 0 Å². The summed E-state index contributed by atoms with van der Waals surface area (Å²) in [6.45, 7) is 0.193. The second-order valence-corrected chi connectivity index (χ2v) is 7.74. The Morgan fingerprint density at radius 2 is 1.88 bits per heavy atom. The molecule has 5 nitrogen and oxygen atoms in total. The highest BCUT2D eigenvalue weighted by atomic mass is 35.5. The molecular weight excluding hydrogens is 358 g/mol. The van der Waals surface area contributed by atoms with Gasteiger partial charge in [0, 0.05) is 35.7 Å². The van der Waals surface area contributed by atoms with Gasteiger partial charge in [0.05, 0.1) is 11.4 Å². The standard InChI is InChI=1S/C18H16ClN3O2S/c19-17-5-1-3-15(9-17)13-25(23,24)22-11-14-6-8-21-18(10-14)16-4-2-7-20-12-16/h1-10,12,22H,11,13H2. The lowest BCUT2D eigenvalue weighted by atomic mass is 10.1. The molecular formula is C18H16ClN3O2S. The summed E-state index contributed by atoms with van der Waals surface area (Å²) in [6.07, 6.45) is 5.07. The zero-order valence-corrected chi connectivity index (χ0v) is 14.8. The van der Waals surface area contributed by atoms with Crippen molar-refractivity contribution in [1.82, 2.24) is 14.7 Å². The summed E-state index contributed by atoms with van der Waals surface area (Å²) in [6, 6.07) is 14.2. The van der Waals surface area contributed by atoms with Crippen molar-refractivity contribution in [3.05, 3.63) is 83.3 Å². The largest absolute Gasteiger partial charge is 0.264 e. The number of sulfonamides is 1. The van der Waals surface area contributed by atoms with Gasteiger partial charge in [-0.3, -0.25) is 9.97 Å². The molecule has 128 valence electrons. The third kappa shape index (κ3) is 5.09. The normalized spacial score (nSPS) is 11.4. The average Bonchev–Trinajstić information content (AvgIpc) is 2.61. The van der Waals surface area contributed by atoms with Gasteiger partial charge in [-0.05, 0) is 47.5 Å². The second-order valence-electron chi connectivity index (χ2n) is 5.50. The maximum atomic E-state index is 12.3. The third-order valence-electron chi connectivity index (χ3n) is 3.52. The number of nitrogens with zero attached hydrogens (tertiary/aromatic N) is 2. The number of benzene rings is 1. The Balaban J connectivity index is 1.69. The molecule has 3 rings (SSSR count). The number of hydrogen-bond acceptors (Lipinski definition) is 4. The highest BCUT2D eigenvalue weighted by Crippen LogP contribution is 2.17. The van der Waals surface area contributed by atoms with Gasteiger partial charge in [-0.2, -0.15) is 0 Å². The van der Waals surface area contributed by atoms with E-state index in [1.54, 1.807) is 48.9 Å². The van der Waals surface area contributed by atoms with E-state index < -0.39 is 10.0 Å². The highest BCUT2D eigenvalue weighted by Gasteiger charge is 2.12. The molecule has 1 aromatic carbocycles. The minimum Gasteiger partial charge on any atom is -0.264 e. The molecule has 0 aliphatic carbocycles. The van der Waals surface area contributed by atoms with Crippen LogP contribution >= 0.6 is 11.6 Å². The Hall–Kier alpha value is -2.28. The van der Waals surface area contributed by atoms with Gasteiger partial charge in [-0.25, -0.2) is 13.1 Å². The van der Waals surface area contributed by atoms with Crippen LogP contribution in [0.1, 0.15) is 11.1 Å². The fourth-order valence-electron chi connectivity index (χ4n) is 2.35. The van der Waals surface area contributed by atoms with E-state index in [1.165, 1.54) is 0 Å². The lowest BCUT2D eigenvalue weighted by molar-refractivity contribution is 0.580. The molecule has 0 aliphatic heterocycles. The molecule has 7 heteroatoms. The highest BCUT2D eigenvalue weighted by molar-refractivity contribution is 7.88. The minimum absolute atomic E-state index is 0.117.